The second kappa shape index (κ2) is 5.21. The molecular formula is C15H16N4O. The molecule has 102 valence electrons. The minimum Gasteiger partial charge on any atom is -0.486 e. The maximum Gasteiger partial charge on any atom is 0.184 e. The van der Waals surface area contributed by atoms with Crippen LogP contribution in [0.1, 0.15) is 18.3 Å². The van der Waals surface area contributed by atoms with E-state index in [1.807, 2.05) is 34.9 Å². The lowest BCUT2D eigenvalue weighted by Crippen LogP contribution is -2.02. The molecule has 2 N–H and O–H groups in total. The van der Waals surface area contributed by atoms with Crippen molar-refractivity contribution in [3.05, 3.63) is 54.0 Å². The van der Waals surface area contributed by atoms with Crippen LogP contribution in [0.2, 0.25) is 0 Å². The normalized spacial score (nSPS) is 10.8. The first-order valence-electron chi connectivity index (χ1n) is 6.58. The van der Waals surface area contributed by atoms with Crippen molar-refractivity contribution in [2.45, 2.75) is 20.0 Å². The van der Waals surface area contributed by atoms with Gasteiger partial charge in [0.2, 0.25) is 0 Å². The van der Waals surface area contributed by atoms with Crippen LogP contribution in [0.3, 0.4) is 0 Å². The van der Waals surface area contributed by atoms with E-state index >= 15 is 0 Å². The number of ether oxygens (including phenoxy) is 1. The Kier molecular flexibility index (Phi) is 3.25. The molecule has 0 aliphatic heterocycles. The summed E-state index contributed by atoms with van der Waals surface area (Å²) in [6.45, 7) is 2.48. The summed E-state index contributed by atoms with van der Waals surface area (Å²) in [5.41, 5.74) is 8.37. The number of fused-ring (bicyclic) bond motifs is 1. The topological polar surface area (TPSA) is 65.4 Å². The smallest absolute Gasteiger partial charge is 0.184 e. The zero-order chi connectivity index (χ0) is 13.9. The Hall–Kier alpha value is -2.56. The molecule has 2 heterocycles. The monoisotopic (exact) mass is 268 g/mol. The summed E-state index contributed by atoms with van der Waals surface area (Å²) in [6.07, 6.45) is 2.87. The number of rotatable bonds is 4. The van der Waals surface area contributed by atoms with E-state index in [0.29, 0.717) is 17.9 Å². The van der Waals surface area contributed by atoms with E-state index in [2.05, 4.69) is 23.2 Å². The first-order valence-corrected chi connectivity index (χ1v) is 6.58. The summed E-state index contributed by atoms with van der Waals surface area (Å²) < 4.78 is 7.62. The summed E-state index contributed by atoms with van der Waals surface area (Å²) in [5, 5.41) is 8.19. The van der Waals surface area contributed by atoms with Crippen LogP contribution in [-0.4, -0.2) is 14.6 Å². The van der Waals surface area contributed by atoms with Gasteiger partial charge in [-0.05, 0) is 36.2 Å². The average molecular weight is 268 g/mol. The van der Waals surface area contributed by atoms with Crippen molar-refractivity contribution in [2.75, 3.05) is 5.73 Å². The number of anilines is 1. The van der Waals surface area contributed by atoms with Crippen LogP contribution in [0.25, 0.3) is 5.65 Å². The summed E-state index contributed by atoms with van der Waals surface area (Å²) in [4.78, 5) is 0. The zero-order valence-electron chi connectivity index (χ0n) is 11.3. The third-order valence-electron chi connectivity index (χ3n) is 3.21. The van der Waals surface area contributed by atoms with E-state index in [-0.39, 0.29) is 0 Å². The van der Waals surface area contributed by atoms with Crippen molar-refractivity contribution < 1.29 is 4.74 Å². The Morgan fingerprint density at radius 2 is 2.10 bits per heavy atom. The first-order chi connectivity index (χ1) is 9.78. The van der Waals surface area contributed by atoms with Crippen LogP contribution in [0.5, 0.6) is 5.75 Å². The number of nitrogens with two attached hydrogens (primary N) is 1. The molecule has 5 nitrogen and oxygen atoms in total. The van der Waals surface area contributed by atoms with Crippen molar-refractivity contribution in [1.82, 2.24) is 14.6 Å². The van der Waals surface area contributed by atoms with Crippen LogP contribution in [-0.2, 0) is 13.0 Å². The minimum atomic E-state index is 0.359. The van der Waals surface area contributed by atoms with E-state index in [0.717, 1.165) is 18.0 Å². The molecule has 0 aliphatic rings. The quantitative estimate of drug-likeness (QED) is 0.789. The molecule has 0 bridgehead atoms. The molecule has 5 heteroatoms. The van der Waals surface area contributed by atoms with Gasteiger partial charge >= 0.3 is 0 Å². The van der Waals surface area contributed by atoms with Gasteiger partial charge in [0.05, 0.1) is 5.69 Å². The molecule has 0 amide bonds. The highest BCUT2D eigenvalue weighted by Gasteiger charge is 2.08. The van der Waals surface area contributed by atoms with Crippen molar-refractivity contribution in [3.8, 4) is 5.75 Å². The van der Waals surface area contributed by atoms with Gasteiger partial charge in [-0.1, -0.05) is 19.1 Å². The van der Waals surface area contributed by atoms with E-state index in [9.17, 15) is 0 Å². The lowest BCUT2D eigenvalue weighted by Gasteiger charge is -2.06. The number of nitrogen functional groups attached to an aromatic ring is 1. The Morgan fingerprint density at radius 3 is 2.95 bits per heavy atom. The summed E-state index contributed by atoms with van der Waals surface area (Å²) in [7, 11) is 0. The highest BCUT2D eigenvalue weighted by atomic mass is 16.5. The largest absolute Gasteiger partial charge is 0.486 e. The van der Waals surface area contributed by atoms with Crippen LogP contribution < -0.4 is 10.5 Å². The molecule has 0 spiro atoms. The molecule has 3 rings (SSSR count). The molecular weight excluding hydrogens is 252 g/mol. The number of hydrogen-bond donors (Lipinski definition) is 1. The molecule has 0 atom stereocenters. The summed E-state index contributed by atoms with van der Waals surface area (Å²) in [5.74, 6) is 1.57. The predicted octanol–water partition coefficient (Wildman–Crippen LogP) is 2.45. The van der Waals surface area contributed by atoms with Gasteiger partial charge < -0.3 is 10.5 Å². The number of aryl methyl sites for hydroxylation is 1. The molecule has 0 saturated carbocycles. The average Bonchev–Trinajstić information content (AvgIpc) is 2.90. The van der Waals surface area contributed by atoms with Gasteiger partial charge in [0.15, 0.2) is 11.5 Å². The van der Waals surface area contributed by atoms with Gasteiger partial charge in [0.1, 0.15) is 12.4 Å². The van der Waals surface area contributed by atoms with Gasteiger partial charge in [-0.25, -0.2) is 0 Å². The predicted molar refractivity (Wildman–Crippen MR) is 77.6 cm³/mol. The third-order valence-corrected chi connectivity index (χ3v) is 3.21. The van der Waals surface area contributed by atoms with E-state index < -0.39 is 0 Å². The summed E-state index contributed by atoms with van der Waals surface area (Å²) >= 11 is 0. The Labute approximate surface area is 117 Å². The zero-order valence-corrected chi connectivity index (χ0v) is 11.3. The van der Waals surface area contributed by atoms with E-state index in [1.54, 1.807) is 6.07 Å². The molecule has 0 fully saturated rings. The van der Waals surface area contributed by atoms with E-state index in [1.165, 1.54) is 5.56 Å². The summed E-state index contributed by atoms with van der Waals surface area (Å²) in [6, 6.07) is 11.7. The highest BCUT2D eigenvalue weighted by molar-refractivity contribution is 5.63. The first kappa shape index (κ1) is 12.5. The fourth-order valence-corrected chi connectivity index (χ4v) is 2.09. The number of nitrogens with zero attached hydrogens (tertiary/aromatic N) is 3. The molecule has 0 aliphatic carbocycles. The molecule has 3 aromatic rings. The van der Waals surface area contributed by atoms with Crippen molar-refractivity contribution in [3.63, 3.8) is 0 Å². The van der Waals surface area contributed by atoms with Crippen LogP contribution >= 0.6 is 0 Å². The van der Waals surface area contributed by atoms with Crippen LogP contribution in [0, 0.1) is 0 Å². The maximum atomic E-state index is 5.85. The number of pyridine rings is 1. The number of hydrogen-bond acceptors (Lipinski definition) is 4. The SMILES string of the molecule is CCc1cccc(OCc2nnc3c(N)cccn23)c1. The molecule has 0 saturated heterocycles. The van der Waals surface area contributed by atoms with Gasteiger partial charge in [0, 0.05) is 6.20 Å². The maximum absolute atomic E-state index is 5.85. The Bertz CT molecular complexity index is 736. The minimum absolute atomic E-state index is 0.359. The van der Waals surface area contributed by atoms with Crippen molar-refractivity contribution >= 4 is 11.3 Å². The molecule has 2 aromatic heterocycles. The second-order valence-electron chi connectivity index (χ2n) is 4.56. The second-order valence-corrected chi connectivity index (χ2v) is 4.56. The lowest BCUT2D eigenvalue weighted by atomic mass is 10.2. The third kappa shape index (κ3) is 2.30. The highest BCUT2D eigenvalue weighted by Crippen LogP contribution is 2.16. The molecule has 0 unspecified atom stereocenters. The lowest BCUT2D eigenvalue weighted by molar-refractivity contribution is 0.294. The van der Waals surface area contributed by atoms with Crippen molar-refractivity contribution in [1.29, 1.82) is 0 Å². The standard InChI is InChI=1S/C15H16N4O/c1-2-11-5-3-6-12(9-11)20-10-14-17-18-15-13(16)7-4-8-19(14)15/h3-9H,2,10,16H2,1H3. The Morgan fingerprint density at radius 1 is 1.20 bits per heavy atom. The van der Waals surface area contributed by atoms with Crippen molar-refractivity contribution in [2.24, 2.45) is 0 Å². The van der Waals surface area contributed by atoms with Gasteiger partial charge in [-0.3, -0.25) is 4.40 Å². The van der Waals surface area contributed by atoms with Crippen LogP contribution in [0.4, 0.5) is 5.69 Å². The van der Waals surface area contributed by atoms with E-state index in [4.69, 9.17) is 10.5 Å². The molecule has 0 radical (unpaired) electrons. The fraction of sp³-hybridized carbons (Fsp3) is 0.200. The fourth-order valence-electron chi connectivity index (χ4n) is 2.09. The number of benzene rings is 1. The van der Waals surface area contributed by atoms with Gasteiger partial charge in [-0.15, -0.1) is 10.2 Å². The van der Waals surface area contributed by atoms with Crippen LogP contribution in [0.15, 0.2) is 42.6 Å². The molecule has 1 aromatic carbocycles. The number of aromatic nitrogens is 3. The Balaban J connectivity index is 1.81. The molecule has 20 heavy (non-hydrogen) atoms. The van der Waals surface area contributed by atoms with Gasteiger partial charge in [0.25, 0.3) is 0 Å². The van der Waals surface area contributed by atoms with Gasteiger partial charge in [-0.2, -0.15) is 0 Å².